The van der Waals surface area contributed by atoms with Crippen LogP contribution in [0.3, 0.4) is 0 Å². The van der Waals surface area contributed by atoms with Crippen LogP contribution in [-0.2, 0) is 33.4 Å². The molecule has 0 spiro atoms. The number of hydrogen-bond acceptors (Lipinski definition) is 15. The van der Waals surface area contributed by atoms with Crippen LogP contribution in [0, 0.1) is 0 Å². The lowest BCUT2D eigenvalue weighted by molar-refractivity contribution is -0.153. The second-order valence-corrected chi connectivity index (χ2v) is 15.3. The lowest BCUT2D eigenvalue weighted by Gasteiger charge is -2.30. The van der Waals surface area contributed by atoms with E-state index in [9.17, 15) is 28.0 Å². The number of nitrogens with one attached hydrogen (secondary N) is 3. The molecule has 0 radical (unpaired) electrons. The Morgan fingerprint density at radius 2 is 1.93 bits per heavy atom. The summed E-state index contributed by atoms with van der Waals surface area (Å²) in [5, 5.41) is 25.4. The van der Waals surface area contributed by atoms with Crippen molar-refractivity contribution in [3.8, 4) is 5.75 Å². The molecule has 3 aromatic rings. The van der Waals surface area contributed by atoms with Crippen LogP contribution in [-0.4, -0.2) is 86.4 Å². The third-order valence-electron chi connectivity index (χ3n) is 6.52. The summed E-state index contributed by atoms with van der Waals surface area (Å²) in [6, 6.07) is 5.87. The lowest BCUT2D eigenvalue weighted by Crippen LogP contribution is -2.48. The monoisotopic (exact) mass is 706 g/mol. The molecule has 2 aromatic heterocycles. The molecule has 5 atom stereocenters. The number of sulfonamides is 1. The molecule has 1 aromatic carbocycles. The number of fused-ring (bicyclic) bond motifs is 1. The van der Waals surface area contributed by atoms with E-state index in [0.717, 1.165) is 6.26 Å². The highest BCUT2D eigenvalue weighted by molar-refractivity contribution is 7.88. The molecule has 1 saturated heterocycles. The smallest absolute Gasteiger partial charge is 0.459 e. The Morgan fingerprint density at radius 1 is 1.28 bits per heavy atom. The number of aliphatic hydroxyl groups is 2. The summed E-state index contributed by atoms with van der Waals surface area (Å²) in [6.07, 6.45) is -2.61. The van der Waals surface area contributed by atoms with Gasteiger partial charge >= 0.3 is 13.7 Å². The standard InChI is InChI=1S/C25H36ClN8O10PS/c1-13(2)42-22(36)24(3,4)32-45(38,44-15-9-7-14(26)8-10-15)41-11-16-18(35)25(5,37)21(43-16)34-12-28-17-19(31-33-46(6,39)40)29-23(27)30-20(17)34/h7-10,12-13,16,18,21,33,35,37H,11H2,1-6H3,(H,32,38)(H3,27,29,30,31)/t16?,18-,21?,25-,45?/m1/s1. The maximum atomic E-state index is 14.1. The average molecular weight is 707 g/mol. The Kier molecular flexibility index (Phi) is 10.2. The second-order valence-electron chi connectivity index (χ2n) is 11.5. The molecule has 0 amide bonds. The van der Waals surface area contributed by atoms with Crippen molar-refractivity contribution in [3.63, 3.8) is 0 Å². The number of hydrazine groups is 1. The number of rotatable bonds is 13. The first-order valence-electron chi connectivity index (χ1n) is 13.7. The molecule has 3 unspecified atom stereocenters. The van der Waals surface area contributed by atoms with Gasteiger partial charge in [0, 0.05) is 5.02 Å². The number of esters is 1. The Hall–Kier alpha value is -3.13. The van der Waals surface area contributed by atoms with Gasteiger partial charge in [0.1, 0.15) is 29.1 Å². The van der Waals surface area contributed by atoms with E-state index < -0.39 is 66.0 Å². The van der Waals surface area contributed by atoms with Gasteiger partial charge in [-0.1, -0.05) is 11.6 Å². The average Bonchev–Trinajstić information content (AvgIpc) is 3.44. The fraction of sp³-hybridized carbons (Fsp3) is 0.520. The third-order valence-corrected chi connectivity index (χ3v) is 9.02. The fourth-order valence-electron chi connectivity index (χ4n) is 4.35. The number of aromatic nitrogens is 4. The maximum absolute atomic E-state index is 14.1. The van der Waals surface area contributed by atoms with E-state index in [1.807, 2.05) is 0 Å². The summed E-state index contributed by atoms with van der Waals surface area (Å²) in [6.45, 7) is 6.85. The number of ether oxygens (including phenoxy) is 2. The van der Waals surface area contributed by atoms with Crippen LogP contribution in [0.25, 0.3) is 11.2 Å². The summed E-state index contributed by atoms with van der Waals surface area (Å²) in [4.78, 5) is 27.1. The van der Waals surface area contributed by atoms with Gasteiger partial charge in [-0.2, -0.15) is 15.1 Å². The van der Waals surface area contributed by atoms with Gasteiger partial charge in [0.05, 0.1) is 25.3 Å². The Morgan fingerprint density at radius 3 is 2.54 bits per heavy atom. The molecule has 7 N–H and O–H groups in total. The zero-order chi connectivity index (χ0) is 34.2. The molecular formula is C25H36ClN8O10PS. The number of aliphatic hydroxyl groups excluding tert-OH is 1. The Balaban J connectivity index is 1.60. The molecular weight excluding hydrogens is 671 g/mol. The number of imidazole rings is 1. The van der Waals surface area contributed by atoms with Crippen molar-refractivity contribution in [2.75, 3.05) is 24.0 Å². The number of nitrogens with two attached hydrogens (primary N) is 1. The minimum absolute atomic E-state index is 0.0215. The van der Waals surface area contributed by atoms with Crippen molar-refractivity contribution in [2.24, 2.45) is 0 Å². The molecule has 46 heavy (non-hydrogen) atoms. The van der Waals surface area contributed by atoms with E-state index in [4.69, 9.17) is 35.9 Å². The van der Waals surface area contributed by atoms with Crippen molar-refractivity contribution in [1.82, 2.24) is 29.4 Å². The quantitative estimate of drug-likeness (QED) is 0.0836. The maximum Gasteiger partial charge on any atom is 0.459 e. The van der Waals surface area contributed by atoms with Crippen LogP contribution in [0.2, 0.25) is 5.02 Å². The summed E-state index contributed by atoms with van der Waals surface area (Å²) >= 11 is 5.96. The van der Waals surface area contributed by atoms with Gasteiger partial charge in [-0.05, 0) is 58.9 Å². The molecule has 1 aliphatic heterocycles. The normalized spacial score (nSPS) is 23.4. The summed E-state index contributed by atoms with van der Waals surface area (Å²) in [7, 11) is -8.12. The highest BCUT2D eigenvalue weighted by atomic mass is 35.5. The second kappa shape index (κ2) is 13.2. The first-order chi connectivity index (χ1) is 21.2. The van der Waals surface area contributed by atoms with Crippen LogP contribution in [0.5, 0.6) is 5.75 Å². The Bertz CT molecular complexity index is 1740. The van der Waals surface area contributed by atoms with Crippen LogP contribution in [0.15, 0.2) is 30.6 Å². The molecule has 18 nitrogen and oxygen atoms in total. The van der Waals surface area contributed by atoms with E-state index in [1.54, 1.807) is 13.8 Å². The number of hydrogen-bond donors (Lipinski definition) is 6. The molecule has 1 fully saturated rings. The number of nitrogens with zero attached hydrogens (tertiary/aromatic N) is 4. The molecule has 21 heteroatoms. The molecule has 0 saturated carbocycles. The van der Waals surface area contributed by atoms with Crippen molar-refractivity contribution >= 4 is 58.3 Å². The van der Waals surface area contributed by atoms with Gasteiger partial charge in [-0.25, -0.2) is 18.0 Å². The Labute approximate surface area is 269 Å². The SMILES string of the molecule is CC(C)OC(=O)C(C)(C)NP(=O)(OCC1OC(n2cnc3c(NNS(C)(=O)=O)nc(N)nc32)[C@](C)(O)[C@@H]1O)Oc1ccc(Cl)cc1. The minimum Gasteiger partial charge on any atom is -0.462 e. The zero-order valence-electron chi connectivity index (χ0n) is 25.7. The van der Waals surface area contributed by atoms with Crippen LogP contribution < -0.4 is 25.6 Å². The van der Waals surface area contributed by atoms with Crippen LogP contribution in [0.4, 0.5) is 11.8 Å². The van der Waals surface area contributed by atoms with Crippen LogP contribution >= 0.6 is 19.3 Å². The van der Waals surface area contributed by atoms with Crippen molar-refractivity contribution < 1.29 is 46.5 Å². The van der Waals surface area contributed by atoms with Crippen molar-refractivity contribution in [1.29, 1.82) is 0 Å². The number of halogens is 1. The van der Waals surface area contributed by atoms with E-state index in [1.165, 1.54) is 55.9 Å². The van der Waals surface area contributed by atoms with Crippen LogP contribution in [0.1, 0.15) is 40.8 Å². The number of carbonyl (C=O) groups is 1. The van der Waals surface area contributed by atoms with Gasteiger partial charge in [-0.15, -0.1) is 4.83 Å². The van der Waals surface area contributed by atoms with E-state index in [-0.39, 0.29) is 28.7 Å². The van der Waals surface area contributed by atoms with E-state index in [2.05, 4.69) is 30.3 Å². The molecule has 1 aliphatic rings. The van der Waals surface area contributed by atoms with E-state index >= 15 is 0 Å². The van der Waals surface area contributed by atoms with Gasteiger partial charge in [0.2, 0.25) is 16.0 Å². The highest BCUT2D eigenvalue weighted by Gasteiger charge is 2.54. The molecule has 254 valence electrons. The van der Waals surface area contributed by atoms with Gasteiger partial charge in [0.15, 0.2) is 23.2 Å². The molecule has 0 aliphatic carbocycles. The summed E-state index contributed by atoms with van der Waals surface area (Å²) in [5.41, 5.74) is 4.73. The predicted octanol–water partition coefficient (Wildman–Crippen LogP) is 1.47. The fourth-order valence-corrected chi connectivity index (χ4v) is 6.44. The first kappa shape index (κ1) is 35.7. The van der Waals surface area contributed by atoms with Gasteiger partial charge in [0.25, 0.3) is 0 Å². The van der Waals surface area contributed by atoms with Gasteiger partial charge in [-0.3, -0.25) is 19.3 Å². The first-order valence-corrected chi connectivity index (χ1v) is 17.5. The van der Waals surface area contributed by atoms with Gasteiger partial charge < -0.3 is 29.9 Å². The largest absolute Gasteiger partial charge is 0.462 e. The summed E-state index contributed by atoms with van der Waals surface area (Å²) < 4.78 is 61.1. The third kappa shape index (κ3) is 8.23. The predicted molar refractivity (Wildman–Crippen MR) is 166 cm³/mol. The number of carbonyl (C=O) groups excluding carboxylic acids is 1. The molecule has 3 heterocycles. The van der Waals surface area contributed by atoms with Crippen molar-refractivity contribution in [2.45, 2.75) is 70.3 Å². The molecule has 0 bridgehead atoms. The number of benzene rings is 1. The number of nitrogen functional groups attached to an aromatic ring is 1. The topological polar surface area (TPSA) is 251 Å². The van der Waals surface area contributed by atoms with E-state index in [0.29, 0.717) is 5.02 Å². The molecule has 4 rings (SSSR count). The summed E-state index contributed by atoms with van der Waals surface area (Å²) in [5.74, 6) is -1.01. The highest BCUT2D eigenvalue weighted by Crippen LogP contribution is 2.48. The number of anilines is 2. The lowest BCUT2D eigenvalue weighted by atomic mass is 9.96. The van der Waals surface area contributed by atoms with Crippen molar-refractivity contribution in [3.05, 3.63) is 35.6 Å². The minimum atomic E-state index is -4.44. The zero-order valence-corrected chi connectivity index (χ0v) is 28.1.